The van der Waals surface area contributed by atoms with E-state index in [4.69, 9.17) is 4.42 Å². The summed E-state index contributed by atoms with van der Waals surface area (Å²) in [5.41, 5.74) is 1.05. The van der Waals surface area contributed by atoms with Crippen LogP contribution < -0.4 is 5.32 Å². The number of hydrogen-bond donors (Lipinski definition) is 1. The van der Waals surface area contributed by atoms with Crippen molar-refractivity contribution in [2.75, 3.05) is 13.1 Å². The topological polar surface area (TPSA) is 79.6 Å². The van der Waals surface area contributed by atoms with Gasteiger partial charge in [0.25, 0.3) is 0 Å². The molecular weight excluding hydrogens is 316 g/mol. The quantitative estimate of drug-likeness (QED) is 0.817. The number of thiophene rings is 1. The van der Waals surface area contributed by atoms with E-state index in [0.29, 0.717) is 6.54 Å². The van der Waals surface area contributed by atoms with Crippen molar-refractivity contribution in [1.29, 1.82) is 0 Å². The van der Waals surface area contributed by atoms with Crippen LogP contribution in [0.15, 0.2) is 39.6 Å². The van der Waals surface area contributed by atoms with Gasteiger partial charge in [-0.15, -0.1) is 0 Å². The molecule has 1 aliphatic rings. The normalized spacial score (nSPS) is 15.9. The number of hydrogen-bond acceptors (Lipinski definition) is 5. The van der Waals surface area contributed by atoms with Crippen LogP contribution in [0.4, 0.5) is 0 Å². The van der Waals surface area contributed by atoms with Gasteiger partial charge in [-0.2, -0.15) is 11.3 Å². The zero-order valence-corrected chi connectivity index (χ0v) is 13.2. The molecule has 1 unspecified atom stereocenters. The standard InChI is InChI=1S/C16H16N2O4S/c19-14(9-18-15(20)3-4-16(18)21)17-8-12(11-5-7-23-10-11)13-2-1-6-22-13/h1-2,5-7,10,12H,3-4,8-9H2,(H,17,19). The Morgan fingerprint density at radius 2 is 2.09 bits per heavy atom. The molecule has 1 atom stereocenters. The molecule has 0 aromatic carbocycles. The molecule has 6 nitrogen and oxygen atoms in total. The third-order valence-electron chi connectivity index (χ3n) is 3.79. The molecule has 3 rings (SSSR count). The van der Waals surface area contributed by atoms with Crippen LogP contribution in [-0.4, -0.2) is 35.7 Å². The maximum absolute atomic E-state index is 12.0. The second kappa shape index (κ2) is 6.78. The summed E-state index contributed by atoms with van der Waals surface area (Å²) in [6.07, 6.45) is 1.98. The highest BCUT2D eigenvalue weighted by atomic mass is 32.1. The molecule has 1 saturated heterocycles. The lowest BCUT2D eigenvalue weighted by atomic mass is 9.99. The second-order valence-corrected chi connectivity index (χ2v) is 6.08. The van der Waals surface area contributed by atoms with Crippen LogP contribution in [0.2, 0.25) is 0 Å². The Labute approximate surface area is 137 Å². The van der Waals surface area contributed by atoms with Crippen LogP contribution in [0.1, 0.15) is 30.1 Å². The van der Waals surface area contributed by atoms with E-state index in [0.717, 1.165) is 16.2 Å². The smallest absolute Gasteiger partial charge is 0.240 e. The van der Waals surface area contributed by atoms with Crippen molar-refractivity contribution in [2.45, 2.75) is 18.8 Å². The molecule has 0 bridgehead atoms. The maximum atomic E-state index is 12.0. The first-order chi connectivity index (χ1) is 11.1. The lowest BCUT2D eigenvalue weighted by molar-refractivity contribution is -0.142. The van der Waals surface area contributed by atoms with Gasteiger partial charge in [0.2, 0.25) is 17.7 Å². The number of nitrogens with one attached hydrogen (secondary N) is 1. The molecule has 120 valence electrons. The molecule has 23 heavy (non-hydrogen) atoms. The first kappa shape index (κ1) is 15.5. The SMILES string of the molecule is O=C(CN1C(=O)CCC1=O)NCC(c1ccsc1)c1ccco1. The zero-order chi connectivity index (χ0) is 16.2. The summed E-state index contributed by atoms with van der Waals surface area (Å²) < 4.78 is 5.45. The minimum Gasteiger partial charge on any atom is -0.469 e. The summed E-state index contributed by atoms with van der Waals surface area (Å²) in [5, 5.41) is 6.76. The molecular formula is C16H16N2O4S. The van der Waals surface area contributed by atoms with E-state index >= 15 is 0 Å². The number of rotatable bonds is 6. The molecule has 3 amide bonds. The number of nitrogens with zero attached hydrogens (tertiary/aromatic N) is 1. The van der Waals surface area contributed by atoms with Crippen LogP contribution in [0.5, 0.6) is 0 Å². The van der Waals surface area contributed by atoms with E-state index < -0.39 is 0 Å². The molecule has 2 aromatic heterocycles. The Balaban J connectivity index is 1.62. The highest BCUT2D eigenvalue weighted by Gasteiger charge is 2.30. The van der Waals surface area contributed by atoms with Crippen LogP contribution >= 0.6 is 11.3 Å². The number of imide groups is 1. The third kappa shape index (κ3) is 3.50. The average Bonchev–Trinajstić information content (AvgIpc) is 3.27. The highest BCUT2D eigenvalue weighted by molar-refractivity contribution is 7.08. The van der Waals surface area contributed by atoms with Crippen molar-refractivity contribution in [2.24, 2.45) is 0 Å². The molecule has 0 saturated carbocycles. The first-order valence-electron chi connectivity index (χ1n) is 7.30. The van der Waals surface area contributed by atoms with Gasteiger partial charge in [0.1, 0.15) is 12.3 Å². The maximum Gasteiger partial charge on any atom is 0.240 e. The Bertz CT molecular complexity index is 644. The number of carbonyl (C=O) groups excluding carboxylic acids is 3. The Kier molecular flexibility index (Phi) is 4.57. The number of furan rings is 1. The van der Waals surface area contributed by atoms with E-state index in [1.807, 2.05) is 22.9 Å². The minimum atomic E-state index is -0.347. The first-order valence-corrected chi connectivity index (χ1v) is 8.25. The molecule has 1 N–H and O–H groups in total. The minimum absolute atomic E-state index is 0.0924. The van der Waals surface area contributed by atoms with E-state index in [2.05, 4.69) is 5.32 Å². The van der Waals surface area contributed by atoms with Gasteiger partial charge < -0.3 is 9.73 Å². The average molecular weight is 332 g/mol. The number of likely N-dealkylation sites (tertiary alicyclic amines) is 1. The fraction of sp³-hybridized carbons (Fsp3) is 0.312. The summed E-state index contributed by atoms with van der Waals surface area (Å²) in [5.74, 6) is -0.251. The summed E-state index contributed by atoms with van der Waals surface area (Å²) in [4.78, 5) is 36.2. The van der Waals surface area contributed by atoms with E-state index in [9.17, 15) is 14.4 Å². The van der Waals surface area contributed by atoms with Gasteiger partial charge in [-0.05, 0) is 34.5 Å². The van der Waals surface area contributed by atoms with Crippen LogP contribution in [0, 0.1) is 0 Å². The Morgan fingerprint density at radius 1 is 1.30 bits per heavy atom. The van der Waals surface area contributed by atoms with Crippen molar-refractivity contribution >= 4 is 29.1 Å². The predicted octanol–water partition coefficient (Wildman–Crippen LogP) is 1.74. The Hall–Kier alpha value is -2.41. The summed E-state index contributed by atoms with van der Waals surface area (Å²) in [6, 6.07) is 5.65. The largest absolute Gasteiger partial charge is 0.469 e. The van der Waals surface area contributed by atoms with Gasteiger partial charge in [0.05, 0.1) is 12.2 Å². The molecule has 3 heterocycles. The molecule has 2 aromatic rings. The summed E-state index contributed by atoms with van der Waals surface area (Å²) in [7, 11) is 0. The molecule has 7 heteroatoms. The van der Waals surface area contributed by atoms with Crippen molar-refractivity contribution in [3.05, 3.63) is 46.5 Å². The van der Waals surface area contributed by atoms with Crippen LogP contribution in [0.3, 0.4) is 0 Å². The summed E-state index contributed by atoms with van der Waals surface area (Å²) in [6.45, 7) is 0.130. The highest BCUT2D eigenvalue weighted by Crippen LogP contribution is 2.26. The number of amides is 3. The van der Waals surface area contributed by atoms with Crippen LogP contribution in [-0.2, 0) is 14.4 Å². The van der Waals surface area contributed by atoms with Gasteiger partial charge in [0, 0.05) is 19.4 Å². The molecule has 1 aliphatic heterocycles. The van der Waals surface area contributed by atoms with Crippen molar-refractivity contribution < 1.29 is 18.8 Å². The predicted molar refractivity (Wildman–Crippen MR) is 83.8 cm³/mol. The molecule has 1 fully saturated rings. The van der Waals surface area contributed by atoms with Crippen molar-refractivity contribution in [1.82, 2.24) is 10.2 Å². The lowest BCUT2D eigenvalue weighted by Crippen LogP contribution is -2.41. The van der Waals surface area contributed by atoms with Crippen molar-refractivity contribution in [3.8, 4) is 0 Å². The van der Waals surface area contributed by atoms with E-state index in [-0.39, 0.29) is 43.0 Å². The fourth-order valence-electron chi connectivity index (χ4n) is 2.56. The van der Waals surface area contributed by atoms with Gasteiger partial charge in [0.15, 0.2) is 0 Å². The van der Waals surface area contributed by atoms with Gasteiger partial charge in [-0.1, -0.05) is 0 Å². The zero-order valence-electron chi connectivity index (χ0n) is 12.4. The van der Waals surface area contributed by atoms with Gasteiger partial charge in [-0.25, -0.2) is 0 Å². The lowest BCUT2D eigenvalue weighted by Gasteiger charge is -2.17. The van der Waals surface area contributed by atoms with Gasteiger partial charge >= 0.3 is 0 Å². The Morgan fingerprint density at radius 3 is 2.70 bits per heavy atom. The summed E-state index contributed by atoms with van der Waals surface area (Å²) >= 11 is 1.57. The number of carbonyl (C=O) groups is 3. The monoisotopic (exact) mass is 332 g/mol. The molecule has 0 spiro atoms. The van der Waals surface area contributed by atoms with E-state index in [1.54, 1.807) is 23.7 Å². The fourth-order valence-corrected chi connectivity index (χ4v) is 3.27. The van der Waals surface area contributed by atoms with E-state index in [1.165, 1.54) is 0 Å². The van der Waals surface area contributed by atoms with Crippen LogP contribution in [0.25, 0.3) is 0 Å². The molecule has 0 aliphatic carbocycles. The van der Waals surface area contributed by atoms with Gasteiger partial charge in [-0.3, -0.25) is 19.3 Å². The molecule has 0 radical (unpaired) electrons. The second-order valence-electron chi connectivity index (χ2n) is 5.30. The van der Waals surface area contributed by atoms with Crippen molar-refractivity contribution in [3.63, 3.8) is 0 Å². The third-order valence-corrected chi connectivity index (χ3v) is 4.49.